The Labute approximate surface area is 134 Å². The third-order valence-electron chi connectivity index (χ3n) is 3.55. The van der Waals surface area contributed by atoms with Gasteiger partial charge in [0.05, 0.1) is 6.54 Å². The van der Waals surface area contributed by atoms with E-state index in [1.807, 2.05) is 29.2 Å². The maximum Gasteiger partial charge on any atom is 0.317 e. The number of carbonyl (C=O) groups is 1. The molecule has 0 atom stereocenters. The van der Waals surface area contributed by atoms with Crippen LogP contribution in [0.25, 0.3) is 0 Å². The van der Waals surface area contributed by atoms with Gasteiger partial charge in [-0.15, -0.1) is 0 Å². The Bertz CT molecular complexity index is 462. The molecule has 0 aliphatic carbocycles. The first-order valence-corrected chi connectivity index (χ1v) is 8.12. The molecule has 1 saturated heterocycles. The van der Waals surface area contributed by atoms with Gasteiger partial charge in [-0.1, -0.05) is 28.9 Å². The molecule has 1 aliphatic rings. The number of halogens is 1. The van der Waals surface area contributed by atoms with Gasteiger partial charge in [0, 0.05) is 30.7 Å². The molecule has 1 N–H and O–H groups in total. The van der Waals surface area contributed by atoms with E-state index in [4.69, 9.17) is 4.74 Å². The fourth-order valence-electron chi connectivity index (χ4n) is 2.26. The number of hydrogen-bond donors (Lipinski definition) is 1. The van der Waals surface area contributed by atoms with Crippen molar-refractivity contribution in [2.24, 2.45) is 0 Å². The zero-order valence-corrected chi connectivity index (χ0v) is 13.9. The van der Waals surface area contributed by atoms with E-state index in [0.29, 0.717) is 13.2 Å². The van der Waals surface area contributed by atoms with E-state index in [1.54, 1.807) is 0 Å². The second kappa shape index (κ2) is 8.24. The number of carbonyl (C=O) groups excluding carboxylic acids is 1. The number of benzene rings is 1. The predicted octanol–water partition coefficient (Wildman–Crippen LogP) is 2.17. The first kappa shape index (κ1) is 16.1. The number of nitrogens with zero attached hydrogens (tertiary/aromatic N) is 2. The minimum atomic E-state index is 0.00333. The number of hydrogen-bond acceptors (Lipinski definition) is 3. The van der Waals surface area contributed by atoms with Crippen molar-refractivity contribution in [1.82, 2.24) is 15.1 Å². The molecule has 116 valence electrons. The van der Waals surface area contributed by atoms with Crippen LogP contribution in [0.2, 0.25) is 0 Å². The molecule has 0 saturated carbocycles. The molecule has 5 nitrogen and oxygen atoms in total. The van der Waals surface area contributed by atoms with E-state index in [1.165, 1.54) is 0 Å². The number of nitrogens with one attached hydrogen (secondary N) is 1. The lowest BCUT2D eigenvalue weighted by molar-refractivity contribution is 0.142. The monoisotopic (exact) mass is 355 g/mol. The zero-order chi connectivity index (χ0) is 15.1. The fourth-order valence-corrected chi connectivity index (χ4v) is 2.64. The summed E-state index contributed by atoms with van der Waals surface area (Å²) in [5.41, 5.74) is 0. The standard InChI is InChI=1S/C15H22BrN3O2/c1-2-18-7-9-19(10-8-18)15(20)17-6-11-21-14-5-3-4-13(16)12-14/h3-5,12H,2,6-11H2,1H3,(H,17,20). The molecular formula is C15H22BrN3O2. The third-order valence-corrected chi connectivity index (χ3v) is 4.04. The minimum Gasteiger partial charge on any atom is -0.492 e. The summed E-state index contributed by atoms with van der Waals surface area (Å²) >= 11 is 3.40. The summed E-state index contributed by atoms with van der Waals surface area (Å²) in [6.45, 7) is 7.69. The second-order valence-electron chi connectivity index (χ2n) is 4.96. The number of likely N-dealkylation sites (N-methyl/N-ethyl adjacent to an activating group) is 1. The Hall–Kier alpha value is -1.27. The summed E-state index contributed by atoms with van der Waals surface area (Å²) in [7, 11) is 0. The Morgan fingerprint density at radius 3 is 2.76 bits per heavy atom. The molecule has 1 fully saturated rings. The Balaban J connectivity index is 1.63. The number of ether oxygens (including phenoxy) is 1. The summed E-state index contributed by atoms with van der Waals surface area (Å²) in [4.78, 5) is 16.2. The number of amides is 2. The summed E-state index contributed by atoms with van der Waals surface area (Å²) < 4.78 is 6.57. The highest BCUT2D eigenvalue weighted by Gasteiger charge is 2.19. The third kappa shape index (κ3) is 5.21. The molecule has 1 aromatic carbocycles. The quantitative estimate of drug-likeness (QED) is 0.823. The molecule has 2 rings (SSSR count). The van der Waals surface area contributed by atoms with Crippen LogP contribution in [-0.2, 0) is 0 Å². The largest absolute Gasteiger partial charge is 0.492 e. The van der Waals surface area contributed by atoms with E-state index >= 15 is 0 Å². The van der Waals surface area contributed by atoms with E-state index in [0.717, 1.165) is 42.9 Å². The highest BCUT2D eigenvalue weighted by molar-refractivity contribution is 9.10. The topological polar surface area (TPSA) is 44.8 Å². The lowest BCUT2D eigenvalue weighted by Crippen LogP contribution is -2.52. The van der Waals surface area contributed by atoms with Crippen LogP contribution in [0.15, 0.2) is 28.7 Å². The predicted molar refractivity (Wildman–Crippen MR) is 86.7 cm³/mol. The van der Waals surface area contributed by atoms with E-state index in [9.17, 15) is 4.79 Å². The van der Waals surface area contributed by atoms with Gasteiger partial charge in [0.2, 0.25) is 0 Å². The second-order valence-corrected chi connectivity index (χ2v) is 5.87. The Morgan fingerprint density at radius 2 is 2.10 bits per heavy atom. The summed E-state index contributed by atoms with van der Waals surface area (Å²) in [5, 5.41) is 2.90. The van der Waals surface area contributed by atoms with Crippen LogP contribution < -0.4 is 10.1 Å². The number of rotatable bonds is 5. The maximum absolute atomic E-state index is 12.0. The lowest BCUT2D eigenvalue weighted by Gasteiger charge is -2.33. The average molecular weight is 356 g/mol. The van der Waals surface area contributed by atoms with Crippen molar-refractivity contribution in [2.45, 2.75) is 6.92 Å². The molecule has 6 heteroatoms. The van der Waals surface area contributed by atoms with Crippen LogP contribution in [0, 0.1) is 0 Å². The molecule has 2 amide bonds. The van der Waals surface area contributed by atoms with Crippen LogP contribution in [0.3, 0.4) is 0 Å². The summed E-state index contributed by atoms with van der Waals surface area (Å²) in [5.74, 6) is 0.801. The Morgan fingerprint density at radius 1 is 1.33 bits per heavy atom. The maximum atomic E-state index is 12.0. The van der Waals surface area contributed by atoms with E-state index < -0.39 is 0 Å². The molecule has 1 aliphatic heterocycles. The molecule has 0 aromatic heterocycles. The molecule has 0 spiro atoms. The van der Waals surface area contributed by atoms with Crippen LogP contribution in [0.5, 0.6) is 5.75 Å². The molecule has 0 radical (unpaired) electrons. The molecule has 1 heterocycles. The number of piperazine rings is 1. The van der Waals surface area contributed by atoms with Gasteiger partial charge in [0.1, 0.15) is 12.4 Å². The summed E-state index contributed by atoms with van der Waals surface area (Å²) in [6.07, 6.45) is 0. The lowest BCUT2D eigenvalue weighted by atomic mass is 10.3. The molecule has 0 unspecified atom stereocenters. The van der Waals surface area contributed by atoms with Crippen molar-refractivity contribution in [2.75, 3.05) is 45.9 Å². The highest BCUT2D eigenvalue weighted by Crippen LogP contribution is 2.17. The first-order chi connectivity index (χ1) is 10.2. The molecule has 21 heavy (non-hydrogen) atoms. The van der Waals surface area contributed by atoms with Crippen molar-refractivity contribution in [1.29, 1.82) is 0 Å². The van der Waals surface area contributed by atoms with E-state index in [-0.39, 0.29) is 6.03 Å². The molecular weight excluding hydrogens is 334 g/mol. The molecule has 1 aromatic rings. The van der Waals surface area contributed by atoms with Crippen LogP contribution in [0.1, 0.15) is 6.92 Å². The van der Waals surface area contributed by atoms with Crippen LogP contribution >= 0.6 is 15.9 Å². The summed E-state index contributed by atoms with van der Waals surface area (Å²) in [6, 6.07) is 7.68. The van der Waals surface area contributed by atoms with Crippen LogP contribution in [0.4, 0.5) is 4.79 Å². The van der Waals surface area contributed by atoms with Gasteiger partial charge in [-0.25, -0.2) is 4.79 Å². The fraction of sp³-hybridized carbons (Fsp3) is 0.533. The van der Waals surface area contributed by atoms with Gasteiger partial charge in [-0.05, 0) is 24.7 Å². The van der Waals surface area contributed by atoms with Crippen LogP contribution in [-0.4, -0.2) is 61.7 Å². The smallest absolute Gasteiger partial charge is 0.317 e. The van der Waals surface area contributed by atoms with Gasteiger partial charge < -0.3 is 19.9 Å². The van der Waals surface area contributed by atoms with Crippen molar-refractivity contribution in [3.05, 3.63) is 28.7 Å². The van der Waals surface area contributed by atoms with Gasteiger partial charge in [-0.2, -0.15) is 0 Å². The average Bonchev–Trinajstić information content (AvgIpc) is 2.51. The van der Waals surface area contributed by atoms with Crippen molar-refractivity contribution >= 4 is 22.0 Å². The number of urea groups is 1. The SMILES string of the molecule is CCN1CCN(C(=O)NCCOc2cccc(Br)c2)CC1. The van der Waals surface area contributed by atoms with Gasteiger partial charge in [0.15, 0.2) is 0 Å². The van der Waals surface area contributed by atoms with Crippen molar-refractivity contribution in [3.8, 4) is 5.75 Å². The van der Waals surface area contributed by atoms with Gasteiger partial charge in [-0.3, -0.25) is 0 Å². The van der Waals surface area contributed by atoms with Gasteiger partial charge >= 0.3 is 6.03 Å². The van der Waals surface area contributed by atoms with Gasteiger partial charge in [0.25, 0.3) is 0 Å². The van der Waals surface area contributed by atoms with E-state index in [2.05, 4.69) is 33.1 Å². The highest BCUT2D eigenvalue weighted by atomic mass is 79.9. The zero-order valence-electron chi connectivity index (χ0n) is 12.3. The van der Waals surface area contributed by atoms with Crippen molar-refractivity contribution < 1.29 is 9.53 Å². The molecule has 0 bridgehead atoms. The normalized spacial score (nSPS) is 15.8. The minimum absolute atomic E-state index is 0.00333. The van der Waals surface area contributed by atoms with Crippen molar-refractivity contribution in [3.63, 3.8) is 0 Å². The first-order valence-electron chi connectivity index (χ1n) is 7.32. The Kier molecular flexibility index (Phi) is 6.32.